The van der Waals surface area contributed by atoms with Crippen molar-refractivity contribution in [2.24, 2.45) is 7.05 Å². The van der Waals surface area contributed by atoms with Crippen LogP contribution in [0.5, 0.6) is 0 Å². The molecule has 6 heteroatoms. The Balaban J connectivity index is 1.77. The number of benzene rings is 1. The molecule has 1 saturated heterocycles. The van der Waals surface area contributed by atoms with Gasteiger partial charge in [-0.05, 0) is 31.9 Å². The zero-order valence-corrected chi connectivity index (χ0v) is 13.3. The second-order valence-corrected chi connectivity index (χ2v) is 6.09. The average Bonchev–Trinajstić information content (AvgIpc) is 3.17. The van der Waals surface area contributed by atoms with Gasteiger partial charge in [-0.15, -0.1) is 0 Å². The van der Waals surface area contributed by atoms with Gasteiger partial charge in [-0.1, -0.05) is 23.7 Å². The highest BCUT2D eigenvalue weighted by atomic mass is 35.5. The summed E-state index contributed by atoms with van der Waals surface area (Å²) in [4.78, 5) is 6.83. The van der Waals surface area contributed by atoms with E-state index in [1.165, 1.54) is 0 Å². The molecule has 5 nitrogen and oxygen atoms in total. The van der Waals surface area contributed by atoms with Crippen molar-refractivity contribution in [3.63, 3.8) is 0 Å². The number of aryl methyl sites for hydroxylation is 2. The van der Waals surface area contributed by atoms with Crippen LogP contribution >= 0.6 is 11.6 Å². The topological polar surface area (TPSA) is 47.1 Å². The number of oxazole rings is 1. The van der Waals surface area contributed by atoms with E-state index in [2.05, 4.69) is 15.0 Å². The molecule has 0 spiro atoms. The van der Waals surface area contributed by atoms with Crippen LogP contribution in [-0.4, -0.2) is 21.3 Å². The Hall–Kier alpha value is -2.01. The maximum Gasteiger partial charge on any atom is 0.298 e. The van der Waals surface area contributed by atoms with Gasteiger partial charge in [0.1, 0.15) is 10.7 Å². The number of hydrogen-bond acceptors (Lipinski definition) is 4. The molecule has 0 aliphatic carbocycles. The Morgan fingerprint density at radius 3 is 2.86 bits per heavy atom. The summed E-state index contributed by atoms with van der Waals surface area (Å²) in [6.07, 6.45) is 2.12. The van der Waals surface area contributed by atoms with Crippen molar-refractivity contribution in [3.8, 4) is 0 Å². The lowest BCUT2D eigenvalue weighted by Gasteiger charge is -2.22. The van der Waals surface area contributed by atoms with Crippen LogP contribution in [0.4, 0.5) is 6.01 Å². The molecule has 1 fully saturated rings. The largest absolute Gasteiger partial charge is 0.423 e. The van der Waals surface area contributed by atoms with Gasteiger partial charge in [0.25, 0.3) is 6.01 Å². The van der Waals surface area contributed by atoms with Crippen LogP contribution in [0.25, 0.3) is 11.1 Å². The van der Waals surface area contributed by atoms with Crippen LogP contribution < -0.4 is 4.90 Å². The molecule has 4 rings (SSSR count). The van der Waals surface area contributed by atoms with Crippen LogP contribution in [-0.2, 0) is 7.05 Å². The Kier molecular flexibility index (Phi) is 3.11. The van der Waals surface area contributed by atoms with Crippen molar-refractivity contribution in [1.29, 1.82) is 0 Å². The minimum absolute atomic E-state index is 0.175. The summed E-state index contributed by atoms with van der Waals surface area (Å²) in [5.74, 6) is 0. The zero-order chi connectivity index (χ0) is 15.3. The molecule has 1 aliphatic rings. The molecular weight excluding hydrogens is 300 g/mol. The molecule has 0 amide bonds. The SMILES string of the molecule is Cc1nn(C)c(Cl)c1[C@@H]1CCCN1c1nc2ccccc2o1. The van der Waals surface area contributed by atoms with Crippen molar-refractivity contribution >= 4 is 28.7 Å². The van der Waals surface area contributed by atoms with E-state index in [1.807, 2.05) is 38.2 Å². The monoisotopic (exact) mass is 316 g/mol. The Morgan fingerprint density at radius 2 is 2.14 bits per heavy atom. The average molecular weight is 317 g/mol. The van der Waals surface area contributed by atoms with Gasteiger partial charge < -0.3 is 9.32 Å². The molecule has 3 aromatic rings. The molecule has 22 heavy (non-hydrogen) atoms. The predicted molar refractivity (Wildman–Crippen MR) is 86.3 cm³/mol. The van der Waals surface area contributed by atoms with E-state index in [-0.39, 0.29) is 6.04 Å². The lowest BCUT2D eigenvalue weighted by Crippen LogP contribution is -2.23. The standard InChI is InChI=1S/C16H17ClN4O/c1-10-14(15(17)20(2)19-10)12-7-5-9-21(12)16-18-11-6-3-4-8-13(11)22-16/h3-4,6,8,12H,5,7,9H2,1-2H3/t12-/m0/s1. The maximum absolute atomic E-state index is 6.45. The molecule has 0 saturated carbocycles. The van der Waals surface area contributed by atoms with E-state index < -0.39 is 0 Å². The number of nitrogens with zero attached hydrogens (tertiary/aromatic N) is 4. The van der Waals surface area contributed by atoms with Crippen LogP contribution in [0, 0.1) is 6.92 Å². The number of rotatable bonds is 2. The number of hydrogen-bond donors (Lipinski definition) is 0. The minimum atomic E-state index is 0.175. The van der Waals surface area contributed by atoms with Gasteiger partial charge in [0, 0.05) is 19.2 Å². The van der Waals surface area contributed by atoms with Gasteiger partial charge in [-0.3, -0.25) is 4.68 Å². The Bertz CT molecular complexity index is 805. The summed E-state index contributed by atoms with van der Waals surface area (Å²) in [5, 5.41) is 5.13. The summed E-state index contributed by atoms with van der Waals surface area (Å²) in [7, 11) is 1.87. The molecule has 3 heterocycles. The first kappa shape index (κ1) is 13.6. The first-order valence-electron chi connectivity index (χ1n) is 7.46. The highest BCUT2D eigenvalue weighted by Crippen LogP contribution is 2.40. The fraction of sp³-hybridized carbons (Fsp3) is 0.375. The Labute approximate surface area is 133 Å². The number of fused-ring (bicyclic) bond motifs is 1. The van der Waals surface area contributed by atoms with Crippen molar-refractivity contribution in [1.82, 2.24) is 14.8 Å². The Morgan fingerprint density at radius 1 is 1.32 bits per heavy atom. The quantitative estimate of drug-likeness (QED) is 0.720. The third-order valence-corrected chi connectivity index (χ3v) is 4.76. The molecule has 2 aromatic heterocycles. The van der Waals surface area contributed by atoms with Gasteiger partial charge in [0.15, 0.2) is 5.58 Å². The van der Waals surface area contributed by atoms with Crippen LogP contribution in [0.15, 0.2) is 28.7 Å². The second kappa shape index (κ2) is 5.02. The predicted octanol–water partition coefficient (Wildman–Crippen LogP) is 3.86. The van der Waals surface area contributed by atoms with Gasteiger partial charge in [0.05, 0.1) is 11.7 Å². The van der Waals surface area contributed by atoms with Crippen LogP contribution in [0.2, 0.25) is 5.15 Å². The van der Waals surface area contributed by atoms with Gasteiger partial charge >= 0.3 is 0 Å². The van der Waals surface area contributed by atoms with Gasteiger partial charge in [0.2, 0.25) is 0 Å². The molecule has 0 N–H and O–H groups in total. The zero-order valence-electron chi connectivity index (χ0n) is 12.6. The molecule has 114 valence electrons. The third kappa shape index (κ3) is 2.00. The molecule has 0 bridgehead atoms. The first-order valence-corrected chi connectivity index (χ1v) is 7.84. The number of anilines is 1. The highest BCUT2D eigenvalue weighted by molar-refractivity contribution is 6.30. The number of para-hydroxylation sites is 2. The van der Waals surface area contributed by atoms with Gasteiger partial charge in [-0.25, -0.2) is 0 Å². The van der Waals surface area contributed by atoms with E-state index in [9.17, 15) is 0 Å². The van der Waals surface area contributed by atoms with E-state index in [0.717, 1.165) is 41.7 Å². The lowest BCUT2D eigenvalue weighted by atomic mass is 10.1. The summed E-state index contributed by atoms with van der Waals surface area (Å²) < 4.78 is 7.67. The molecule has 1 aliphatic heterocycles. The van der Waals surface area contributed by atoms with E-state index in [0.29, 0.717) is 11.2 Å². The fourth-order valence-corrected chi connectivity index (χ4v) is 3.60. The molecular formula is C16H17ClN4O. The summed E-state index contributed by atoms with van der Waals surface area (Å²) in [5.41, 5.74) is 3.76. The van der Waals surface area contributed by atoms with Gasteiger partial charge in [-0.2, -0.15) is 10.1 Å². The normalized spacial score (nSPS) is 18.5. The molecule has 0 unspecified atom stereocenters. The second-order valence-electron chi connectivity index (χ2n) is 5.73. The number of aromatic nitrogens is 3. The van der Waals surface area contributed by atoms with Crippen LogP contribution in [0.3, 0.4) is 0 Å². The highest BCUT2D eigenvalue weighted by Gasteiger charge is 2.33. The number of halogens is 1. The summed E-state index contributed by atoms with van der Waals surface area (Å²) in [6, 6.07) is 8.69. The van der Waals surface area contributed by atoms with Crippen molar-refractivity contribution in [2.45, 2.75) is 25.8 Å². The van der Waals surface area contributed by atoms with E-state index in [1.54, 1.807) is 4.68 Å². The fourth-order valence-electron chi connectivity index (χ4n) is 3.30. The first-order chi connectivity index (χ1) is 10.6. The third-order valence-electron chi connectivity index (χ3n) is 4.31. The maximum atomic E-state index is 6.45. The smallest absolute Gasteiger partial charge is 0.298 e. The van der Waals surface area contributed by atoms with Crippen molar-refractivity contribution < 1.29 is 4.42 Å². The van der Waals surface area contributed by atoms with Crippen molar-refractivity contribution in [2.75, 3.05) is 11.4 Å². The summed E-state index contributed by atoms with van der Waals surface area (Å²) >= 11 is 6.45. The molecule has 1 aromatic carbocycles. The van der Waals surface area contributed by atoms with E-state index >= 15 is 0 Å². The molecule has 1 atom stereocenters. The summed E-state index contributed by atoms with van der Waals surface area (Å²) in [6.45, 7) is 2.92. The minimum Gasteiger partial charge on any atom is -0.423 e. The van der Waals surface area contributed by atoms with E-state index in [4.69, 9.17) is 16.0 Å². The van der Waals surface area contributed by atoms with Crippen LogP contribution in [0.1, 0.15) is 30.1 Å². The lowest BCUT2D eigenvalue weighted by molar-refractivity contribution is 0.556. The van der Waals surface area contributed by atoms with Crippen molar-refractivity contribution in [3.05, 3.63) is 40.7 Å². The molecule has 0 radical (unpaired) electrons.